The molecule has 1 atom stereocenters. The van der Waals surface area contributed by atoms with E-state index in [1.807, 2.05) is 30.3 Å². The predicted octanol–water partition coefficient (Wildman–Crippen LogP) is 4.29. The van der Waals surface area contributed by atoms with E-state index in [-0.39, 0.29) is 6.04 Å². The number of anilines is 2. The summed E-state index contributed by atoms with van der Waals surface area (Å²) in [6.45, 7) is 5.91. The van der Waals surface area contributed by atoms with Gasteiger partial charge in [0.2, 0.25) is 0 Å². The molecule has 0 saturated carbocycles. The summed E-state index contributed by atoms with van der Waals surface area (Å²) >= 11 is 6.36. The van der Waals surface area contributed by atoms with Crippen LogP contribution >= 0.6 is 11.6 Å². The predicted molar refractivity (Wildman–Crippen MR) is 117 cm³/mol. The summed E-state index contributed by atoms with van der Waals surface area (Å²) < 4.78 is 1.76. The smallest absolute Gasteiger partial charge is 0.157 e. The van der Waals surface area contributed by atoms with Gasteiger partial charge in [0.05, 0.1) is 28.4 Å². The number of benzene rings is 1. The molecular formula is C21H23ClN6O. The van der Waals surface area contributed by atoms with E-state index < -0.39 is 5.60 Å². The molecule has 3 aromatic heterocycles. The lowest BCUT2D eigenvalue weighted by atomic mass is 10.0. The number of pyridine rings is 1. The van der Waals surface area contributed by atoms with Crippen LogP contribution in [-0.2, 0) is 0 Å². The number of aromatic nitrogens is 4. The number of nitrogens with one attached hydrogen (secondary N) is 2. The van der Waals surface area contributed by atoms with Crippen LogP contribution < -0.4 is 10.6 Å². The zero-order valence-corrected chi connectivity index (χ0v) is 17.3. The van der Waals surface area contributed by atoms with Gasteiger partial charge in [-0.3, -0.25) is 0 Å². The summed E-state index contributed by atoms with van der Waals surface area (Å²) in [7, 11) is 0. The van der Waals surface area contributed by atoms with Crippen LogP contribution in [0.25, 0.3) is 16.6 Å². The maximum atomic E-state index is 10.2. The van der Waals surface area contributed by atoms with Gasteiger partial charge in [-0.2, -0.15) is 9.61 Å². The van der Waals surface area contributed by atoms with Crippen molar-refractivity contribution >= 4 is 39.8 Å². The summed E-state index contributed by atoms with van der Waals surface area (Å²) in [5.74, 6) is 1.51. The van der Waals surface area contributed by atoms with E-state index in [1.54, 1.807) is 30.8 Å². The fourth-order valence-corrected chi connectivity index (χ4v) is 3.42. The fourth-order valence-electron chi connectivity index (χ4n) is 3.19. The molecule has 0 aliphatic heterocycles. The Morgan fingerprint density at radius 2 is 2.03 bits per heavy atom. The third-order valence-corrected chi connectivity index (χ3v) is 4.94. The Morgan fingerprint density at radius 3 is 2.83 bits per heavy atom. The molecule has 0 unspecified atom stereocenters. The number of halogens is 1. The molecule has 0 saturated heterocycles. The summed E-state index contributed by atoms with van der Waals surface area (Å²) in [5, 5.41) is 22.8. The van der Waals surface area contributed by atoms with Crippen molar-refractivity contribution in [2.45, 2.75) is 32.4 Å². The monoisotopic (exact) mass is 410 g/mol. The van der Waals surface area contributed by atoms with Crippen molar-refractivity contribution < 1.29 is 5.11 Å². The molecule has 0 bridgehead atoms. The fraction of sp³-hybridized carbons (Fsp3) is 0.286. The van der Waals surface area contributed by atoms with E-state index in [2.05, 4.69) is 33.7 Å². The van der Waals surface area contributed by atoms with Crippen LogP contribution in [-0.4, -0.2) is 36.8 Å². The molecule has 8 heteroatoms. The first-order chi connectivity index (χ1) is 13.8. The van der Waals surface area contributed by atoms with Gasteiger partial charge < -0.3 is 15.7 Å². The average Bonchev–Trinajstić information content (AvgIpc) is 3.15. The van der Waals surface area contributed by atoms with Crippen molar-refractivity contribution in [3.8, 4) is 0 Å². The first-order valence-electron chi connectivity index (χ1n) is 9.42. The molecule has 29 heavy (non-hydrogen) atoms. The standard InChI is InChI=1S/C21H23ClN6O/c1-13(26-18-7-9-23-17-8-10-25-28(17)18)15-11-14-5-4-6-16(22)19(14)27-20(15)24-12-21(2,3)29/h4-11,13,26,29H,12H2,1-3H3,(H,24,27)/t13-/m0/s1. The van der Waals surface area contributed by atoms with Crippen molar-refractivity contribution in [3.05, 3.63) is 59.4 Å². The molecule has 0 spiro atoms. The molecule has 4 aromatic rings. The van der Waals surface area contributed by atoms with Crippen molar-refractivity contribution in [1.29, 1.82) is 0 Å². The molecule has 7 nitrogen and oxygen atoms in total. The van der Waals surface area contributed by atoms with Crippen LogP contribution in [0.2, 0.25) is 5.02 Å². The maximum absolute atomic E-state index is 10.2. The molecule has 0 aliphatic rings. The Labute approximate surface area is 173 Å². The second kappa shape index (κ2) is 7.50. The number of hydrogen-bond acceptors (Lipinski definition) is 6. The number of hydrogen-bond donors (Lipinski definition) is 3. The summed E-state index contributed by atoms with van der Waals surface area (Å²) in [6, 6.07) is 11.4. The van der Waals surface area contributed by atoms with Crippen molar-refractivity contribution in [2.24, 2.45) is 0 Å². The highest BCUT2D eigenvalue weighted by molar-refractivity contribution is 6.35. The molecule has 0 amide bonds. The zero-order valence-electron chi connectivity index (χ0n) is 16.5. The SMILES string of the molecule is C[C@H](Nc1ccnc2ccnn12)c1cc2cccc(Cl)c2nc1NCC(C)(C)O. The van der Waals surface area contributed by atoms with Gasteiger partial charge in [-0.05, 0) is 39.0 Å². The van der Waals surface area contributed by atoms with Gasteiger partial charge in [-0.15, -0.1) is 0 Å². The Hall–Kier alpha value is -2.90. The number of para-hydroxylation sites is 1. The zero-order chi connectivity index (χ0) is 20.6. The summed E-state index contributed by atoms with van der Waals surface area (Å²) in [6.07, 6.45) is 3.46. The van der Waals surface area contributed by atoms with Gasteiger partial charge in [-0.1, -0.05) is 23.7 Å². The lowest BCUT2D eigenvalue weighted by Gasteiger charge is -2.23. The Bertz CT molecular complexity index is 1170. The highest BCUT2D eigenvalue weighted by Crippen LogP contribution is 2.31. The Balaban J connectivity index is 1.74. The molecule has 150 valence electrons. The normalized spacial score (nSPS) is 13.0. The highest BCUT2D eigenvalue weighted by Gasteiger charge is 2.19. The molecule has 0 fully saturated rings. The van der Waals surface area contributed by atoms with Gasteiger partial charge in [0.25, 0.3) is 0 Å². The van der Waals surface area contributed by atoms with Gasteiger partial charge >= 0.3 is 0 Å². The maximum Gasteiger partial charge on any atom is 0.157 e. The van der Waals surface area contributed by atoms with E-state index in [0.717, 1.165) is 27.9 Å². The van der Waals surface area contributed by atoms with Crippen LogP contribution in [0, 0.1) is 0 Å². The number of fused-ring (bicyclic) bond motifs is 2. The minimum Gasteiger partial charge on any atom is -0.389 e. The lowest BCUT2D eigenvalue weighted by molar-refractivity contribution is 0.0944. The topological polar surface area (TPSA) is 87.4 Å². The average molecular weight is 411 g/mol. The third kappa shape index (κ3) is 4.11. The molecule has 1 aromatic carbocycles. The Kier molecular flexibility index (Phi) is 5.02. The highest BCUT2D eigenvalue weighted by atomic mass is 35.5. The van der Waals surface area contributed by atoms with Crippen molar-refractivity contribution in [3.63, 3.8) is 0 Å². The molecule has 4 rings (SSSR count). The molecular weight excluding hydrogens is 388 g/mol. The number of nitrogens with zero attached hydrogens (tertiary/aromatic N) is 4. The van der Waals surface area contributed by atoms with Crippen LogP contribution in [0.15, 0.2) is 48.8 Å². The van der Waals surface area contributed by atoms with E-state index in [9.17, 15) is 5.11 Å². The number of rotatable bonds is 6. The van der Waals surface area contributed by atoms with Crippen LogP contribution in [0.5, 0.6) is 0 Å². The van der Waals surface area contributed by atoms with E-state index >= 15 is 0 Å². The van der Waals surface area contributed by atoms with E-state index in [0.29, 0.717) is 17.4 Å². The summed E-state index contributed by atoms with van der Waals surface area (Å²) in [5.41, 5.74) is 1.58. The minimum absolute atomic E-state index is 0.0926. The quantitative estimate of drug-likeness (QED) is 0.439. The largest absolute Gasteiger partial charge is 0.389 e. The van der Waals surface area contributed by atoms with E-state index in [4.69, 9.17) is 16.6 Å². The van der Waals surface area contributed by atoms with Gasteiger partial charge in [0.1, 0.15) is 11.6 Å². The van der Waals surface area contributed by atoms with E-state index in [1.165, 1.54) is 0 Å². The van der Waals surface area contributed by atoms with Gasteiger partial charge in [-0.25, -0.2) is 9.97 Å². The lowest BCUT2D eigenvalue weighted by Crippen LogP contribution is -2.30. The van der Waals surface area contributed by atoms with Crippen LogP contribution in [0.3, 0.4) is 0 Å². The van der Waals surface area contributed by atoms with Crippen LogP contribution in [0.1, 0.15) is 32.4 Å². The first kappa shape index (κ1) is 19.4. The van der Waals surface area contributed by atoms with Crippen molar-refractivity contribution in [1.82, 2.24) is 19.6 Å². The second-order valence-electron chi connectivity index (χ2n) is 7.70. The first-order valence-corrected chi connectivity index (χ1v) is 9.80. The summed E-state index contributed by atoms with van der Waals surface area (Å²) in [4.78, 5) is 9.06. The number of aliphatic hydroxyl groups is 1. The van der Waals surface area contributed by atoms with Crippen molar-refractivity contribution in [2.75, 3.05) is 17.2 Å². The van der Waals surface area contributed by atoms with Gasteiger partial charge in [0, 0.05) is 29.8 Å². The van der Waals surface area contributed by atoms with Gasteiger partial charge in [0.15, 0.2) is 5.65 Å². The molecule has 3 heterocycles. The molecule has 3 N–H and O–H groups in total. The molecule has 0 aliphatic carbocycles. The second-order valence-corrected chi connectivity index (χ2v) is 8.11. The minimum atomic E-state index is -0.878. The Morgan fingerprint density at radius 1 is 1.21 bits per heavy atom. The third-order valence-electron chi connectivity index (χ3n) is 4.64. The van der Waals surface area contributed by atoms with Crippen LogP contribution in [0.4, 0.5) is 11.6 Å². The molecule has 0 radical (unpaired) electrons.